The fourth-order valence-corrected chi connectivity index (χ4v) is 2.34. The van der Waals surface area contributed by atoms with Crippen LogP contribution in [0.25, 0.3) is 0 Å². The Morgan fingerprint density at radius 3 is 2.23 bits per heavy atom. The average molecular weight is 314 g/mol. The third-order valence-electron chi connectivity index (χ3n) is 3.27. The predicted octanol–water partition coefficient (Wildman–Crippen LogP) is 1.22. The van der Waals surface area contributed by atoms with E-state index < -0.39 is 17.6 Å². The molecule has 6 nitrogen and oxygen atoms in total. The molecule has 0 aromatic carbocycles. The van der Waals surface area contributed by atoms with Gasteiger partial charge in [0, 0.05) is 18.4 Å². The van der Waals surface area contributed by atoms with Gasteiger partial charge >= 0.3 is 5.97 Å². The van der Waals surface area contributed by atoms with Crippen LogP contribution in [0, 0.1) is 11.3 Å². The van der Waals surface area contributed by atoms with Gasteiger partial charge in [-0.3, -0.25) is 4.79 Å². The normalized spacial score (nSPS) is 24.0. The quantitative estimate of drug-likeness (QED) is 0.762. The lowest BCUT2D eigenvalue weighted by atomic mass is 9.90. The van der Waals surface area contributed by atoms with Crippen molar-refractivity contribution in [1.29, 1.82) is 0 Å². The van der Waals surface area contributed by atoms with E-state index in [4.69, 9.17) is 15.2 Å². The molecule has 0 aliphatic carbocycles. The van der Waals surface area contributed by atoms with Crippen molar-refractivity contribution in [3.63, 3.8) is 0 Å². The summed E-state index contributed by atoms with van der Waals surface area (Å²) in [6.45, 7) is 12.0. The monoisotopic (exact) mass is 314 g/mol. The van der Waals surface area contributed by atoms with Gasteiger partial charge in [0.05, 0.1) is 13.2 Å². The maximum absolute atomic E-state index is 12.4. The van der Waals surface area contributed by atoms with Crippen molar-refractivity contribution in [2.45, 2.75) is 65.6 Å². The molecule has 1 saturated heterocycles. The van der Waals surface area contributed by atoms with Crippen LogP contribution in [-0.4, -0.2) is 42.8 Å². The van der Waals surface area contributed by atoms with Gasteiger partial charge in [-0.15, -0.1) is 0 Å². The summed E-state index contributed by atoms with van der Waals surface area (Å²) < 4.78 is 10.8. The molecule has 0 bridgehead atoms. The number of nitrogens with two attached hydrogens (primary N) is 1. The molecule has 0 aromatic heterocycles. The molecule has 0 unspecified atom stereocenters. The van der Waals surface area contributed by atoms with Crippen molar-refractivity contribution >= 4 is 11.9 Å². The van der Waals surface area contributed by atoms with E-state index in [0.29, 0.717) is 19.6 Å². The zero-order valence-electron chi connectivity index (χ0n) is 14.6. The van der Waals surface area contributed by atoms with Crippen molar-refractivity contribution in [3.8, 4) is 0 Å². The molecule has 1 rings (SSSR count). The van der Waals surface area contributed by atoms with Crippen molar-refractivity contribution in [1.82, 2.24) is 5.32 Å². The van der Waals surface area contributed by atoms with Crippen LogP contribution >= 0.6 is 0 Å². The molecule has 1 heterocycles. The Balaban J connectivity index is 2.82. The minimum absolute atomic E-state index is 0.156. The van der Waals surface area contributed by atoms with E-state index in [9.17, 15) is 9.59 Å². The van der Waals surface area contributed by atoms with Crippen LogP contribution < -0.4 is 11.1 Å². The zero-order chi connectivity index (χ0) is 17.1. The first-order chi connectivity index (χ1) is 9.89. The number of amides is 1. The van der Waals surface area contributed by atoms with Gasteiger partial charge in [0.2, 0.25) is 5.91 Å². The van der Waals surface area contributed by atoms with Crippen LogP contribution in [0.15, 0.2) is 0 Å². The van der Waals surface area contributed by atoms with Gasteiger partial charge in [-0.05, 0) is 26.2 Å². The Morgan fingerprint density at radius 1 is 1.23 bits per heavy atom. The Bertz CT molecular complexity index is 409. The smallest absolute Gasteiger partial charge is 0.329 e. The van der Waals surface area contributed by atoms with E-state index in [2.05, 4.69) is 5.32 Å². The van der Waals surface area contributed by atoms with E-state index >= 15 is 0 Å². The Morgan fingerprint density at radius 2 is 1.82 bits per heavy atom. The molecule has 0 spiro atoms. The van der Waals surface area contributed by atoms with Crippen molar-refractivity contribution in [2.75, 3.05) is 13.2 Å². The highest BCUT2D eigenvalue weighted by Gasteiger charge is 2.40. The van der Waals surface area contributed by atoms with Crippen molar-refractivity contribution < 1.29 is 19.1 Å². The Kier molecular flexibility index (Phi) is 5.98. The van der Waals surface area contributed by atoms with E-state index in [1.54, 1.807) is 20.8 Å². The minimum atomic E-state index is -0.772. The third-order valence-corrected chi connectivity index (χ3v) is 3.27. The predicted molar refractivity (Wildman–Crippen MR) is 84.1 cm³/mol. The number of hydrogen-bond donors (Lipinski definition) is 2. The van der Waals surface area contributed by atoms with Gasteiger partial charge in [-0.1, -0.05) is 20.8 Å². The second kappa shape index (κ2) is 6.96. The first-order valence-corrected chi connectivity index (χ1v) is 7.74. The summed E-state index contributed by atoms with van der Waals surface area (Å²) in [6.07, 6.45) is 0.328. The summed E-state index contributed by atoms with van der Waals surface area (Å²) in [7, 11) is 0. The van der Waals surface area contributed by atoms with E-state index in [1.807, 2.05) is 20.8 Å². The summed E-state index contributed by atoms with van der Waals surface area (Å²) in [4.78, 5) is 24.6. The van der Waals surface area contributed by atoms with Gasteiger partial charge in [-0.2, -0.15) is 0 Å². The van der Waals surface area contributed by atoms with Crippen molar-refractivity contribution in [2.24, 2.45) is 17.1 Å². The van der Waals surface area contributed by atoms with Gasteiger partial charge in [0.1, 0.15) is 11.6 Å². The fourth-order valence-electron chi connectivity index (χ4n) is 2.34. The number of ether oxygens (including phenoxy) is 2. The number of carbonyl (C=O) groups is 2. The van der Waals surface area contributed by atoms with E-state index in [0.717, 1.165) is 0 Å². The molecule has 0 aromatic rings. The second-order valence-corrected chi connectivity index (χ2v) is 8.18. The highest BCUT2D eigenvalue weighted by Crippen LogP contribution is 2.22. The molecule has 0 radical (unpaired) electrons. The topological polar surface area (TPSA) is 90.7 Å². The summed E-state index contributed by atoms with van der Waals surface area (Å²) in [6, 6.07) is -1.06. The largest absolute Gasteiger partial charge is 0.458 e. The maximum atomic E-state index is 12.4. The molecule has 1 amide bonds. The Hall–Kier alpha value is -1.14. The summed E-state index contributed by atoms with van der Waals surface area (Å²) in [5.74, 6) is -0.901. The minimum Gasteiger partial charge on any atom is -0.458 e. The van der Waals surface area contributed by atoms with Gasteiger partial charge in [0.25, 0.3) is 0 Å². The van der Waals surface area contributed by atoms with Crippen LogP contribution in [0.3, 0.4) is 0 Å². The fraction of sp³-hybridized carbons (Fsp3) is 0.875. The number of esters is 1. The number of carbonyl (C=O) groups excluding carboxylic acids is 2. The highest BCUT2D eigenvalue weighted by atomic mass is 16.6. The van der Waals surface area contributed by atoms with Crippen LogP contribution in [0.2, 0.25) is 0 Å². The lowest BCUT2D eigenvalue weighted by Gasteiger charge is -2.29. The average Bonchev–Trinajstić information content (AvgIpc) is 2.67. The van der Waals surface area contributed by atoms with Crippen LogP contribution in [-0.2, 0) is 19.1 Å². The molecule has 3 N–H and O–H groups in total. The summed E-state index contributed by atoms with van der Waals surface area (Å²) >= 11 is 0. The highest BCUT2D eigenvalue weighted by molar-refractivity contribution is 5.85. The number of hydrogen-bond acceptors (Lipinski definition) is 5. The molecular formula is C16H30N2O4. The standard InChI is InChI=1S/C16H30N2O4/c1-15(2,3)7-12(19)18-13(10-8-21-9-11(10)17)14(20)22-16(4,5)6/h10-11,13H,7-9,17H2,1-6H3,(H,18,19)/t10-,11+,13+/m1/s1. The number of rotatable bonds is 4. The van der Waals surface area contributed by atoms with E-state index in [1.165, 1.54) is 0 Å². The zero-order valence-corrected chi connectivity index (χ0v) is 14.6. The van der Waals surface area contributed by atoms with Gasteiger partial charge in [0.15, 0.2) is 0 Å². The second-order valence-electron chi connectivity index (χ2n) is 8.18. The Labute approximate surface area is 133 Å². The van der Waals surface area contributed by atoms with Gasteiger partial charge in [-0.25, -0.2) is 4.79 Å². The third kappa shape index (κ3) is 6.32. The van der Waals surface area contributed by atoms with Gasteiger partial charge < -0.3 is 20.5 Å². The molecule has 1 aliphatic heterocycles. The lowest BCUT2D eigenvalue weighted by molar-refractivity contribution is -0.160. The SMILES string of the molecule is CC(C)(C)CC(=O)N[C@H](C(=O)OC(C)(C)C)[C@@H]1COC[C@@H]1N. The molecule has 0 saturated carbocycles. The molecular weight excluding hydrogens is 284 g/mol. The molecule has 1 fully saturated rings. The first-order valence-electron chi connectivity index (χ1n) is 7.74. The van der Waals surface area contributed by atoms with E-state index in [-0.39, 0.29) is 23.3 Å². The maximum Gasteiger partial charge on any atom is 0.329 e. The van der Waals surface area contributed by atoms with Crippen LogP contribution in [0.5, 0.6) is 0 Å². The first kappa shape index (κ1) is 18.9. The summed E-state index contributed by atoms with van der Waals surface area (Å²) in [5.41, 5.74) is 5.23. The van der Waals surface area contributed by atoms with Crippen LogP contribution in [0.4, 0.5) is 0 Å². The molecule has 22 heavy (non-hydrogen) atoms. The van der Waals surface area contributed by atoms with Crippen LogP contribution in [0.1, 0.15) is 48.0 Å². The molecule has 3 atom stereocenters. The molecule has 128 valence electrons. The summed E-state index contributed by atoms with van der Waals surface area (Å²) in [5, 5.41) is 2.79. The molecule has 1 aliphatic rings. The number of nitrogens with one attached hydrogen (secondary N) is 1. The molecule has 6 heteroatoms. The van der Waals surface area contributed by atoms with Crippen molar-refractivity contribution in [3.05, 3.63) is 0 Å². The lowest BCUT2D eigenvalue weighted by Crippen LogP contribution is -2.53.